The van der Waals surface area contributed by atoms with E-state index < -0.39 is 0 Å². The molecule has 2 aliphatic carbocycles. The predicted octanol–water partition coefficient (Wildman–Crippen LogP) is 1.91. The van der Waals surface area contributed by atoms with Crippen molar-refractivity contribution in [3.63, 3.8) is 0 Å². The van der Waals surface area contributed by atoms with Gasteiger partial charge in [0.25, 0.3) is 0 Å². The van der Waals surface area contributed by atoms with Crippen LogP contribution in [0, 0.1) is 11.3 Å². The largest absolute Gasteiger partial charge is 0.325 e. The molecular weight excluding hydrogens is 122 g/mol. The molecule has 0 radical (unpaired) electrons. The van der Waals surface area contributed by atoms with E-state index in [0.717, 1.165) is 5.92 Å². The van der Waals surface area contributed by atoms with Crippen LogP contribution < -0.4 is 5.73 Å². The summed E-state index contributed by atoms with van der Waals surface area (Å²) in [6.45, 7) is 4.71. The molecule has 0 aromatic rings. The maximum absolute atomic E-state index is 6.12. The molecule has 0 amide bonds. The molecule has 1 heteroatoms. The molecule has 2 aliphatic rings. The van der Waals surface area contributed by atoms with E-state index in [1.54, 1.807) is 0 Å². The molecule has 0 aromatic heterocycles. The molecular formula is C9H17N. The van der Waals surface area contributed by atoms with Gasteiger partial charge in [-0.2, -0.15) is 0 Å². The summed E-state index contributed by atoms with van der Waals surface area (Å²) >= 11 is 0. The van der Waals surface area contributed by atoms with Crippen LogP contribution in [0.1, 0.15) is 39.5 Å². The van der Waals surface area contributed by atoms with Crippen molar-refractivity contribution in [3.8, 4) is 0 Å². The highest BCUT2D eigenvalue weighted by Gasteiger charge is 2.55. The van der Waals surface area contributed by atoms with Crippen molar-refractivity contribution in [2.24, 2.45) is 17.1 Å². The van der Waals surface area contributed by atoms with Gasteiger partial charge in [-0.3, -0.25) is 0 Å². The van der Waals surface area contributed by atoms with E-state index in [1.165, 1.54) is 25.7 Å². The predicted molar refractivity (Wildman–Crippen MR) is 42.7 cm³/mol. The molecule has 2 saturated carbocycles. The zero-order valence-electron chi connectivity index (χ0n) is 6.98. The molecule has 0 spiro atoms. The van der Waals surface area contributed by atoms with Crippen LogP contribution in [0.5, 0.6) is 0 Å². The maximum atomic E-state index is 6.12. The number of rotatable bonds is 2. The van der Waals surface area contributed by atoms with Crippen molar-refractivity contribution >= 4 is 0 Å². The highest BCUT2D eigenvalue weighted by Crippen LogP contribution is 2.59. The van der Waals surface area contributed by atoms with Crippen molar-refractivity contribution in [1.29, 1.82) is 0 Å². The number of hydrogen-bond donors (Lipinski definition) is 1. The Balaban J connectivity index is 2.04. The van der Waals surface area contributed by atoms with Crippen molar-refractivity contribution in [2.75, 3.05) is 0 Å². The number of nitrogens with two attached hydrogens (primary N) is 1. The second-order valence-electron chi connectivity index (χ2n) is 4.61. The normalized spacial score (nSPS) is 35.1. The van der Waals surface area contributed by atoms with Crippen molar-refractivity contribution in [3.05, 3.63) is 0 Å². The summed E-state index contributed by atoms with van der Waals surface area (Å²) in [5.74, 6) is 0.764. The van der Waals surface area contributed by atoms with E-state index in [2.05, 4.69) is 13.8 Å². The zero-order chi connectivity index (χ0) is 7.41. The van der Waals surface area contributed by atoms with Gasteiger partial charge in [-0.1, -0.05) is 13.8 Å². The van der Waals surface area contributed by atoms with E-state index in [9.17, 15) is 0 Å². The highest BCUT2D eigenvalue weighted by atomic mass is 14.9. The molecule has 0 aromatic carbocycles. The van der Waals surface area contributed by atoms with Crippen LogP contribution in [-0.4, -0.2) is 5.54 Å². The minimum absolute atomic E-state index is 0.255. The van der Waals surface area contributed by atoms with Gasteiger partial charge in [0, 0.05) is 5.54 Å². The van der Waals surface area contributed by atoms with Crippen molar-refractivity contribution in [1.82, 2.24) is 0 Å². The first-order valence-corrected chi connectivity index (χ1v) is 4.36. The Morgan fingerprint density at radius 2 is 1.70 bits per heavy atom. The van der Waals surface area contributed by atoms with Crippen LogP contribution in [0.4, 0.5) is 0 Å². The van der Waals surface area contributed by atoms with Gasteiger partial charge in [0.15, 0.2) is 0 Å². The van der Waals surface area contributed by atoms with Gasteiger partial charge in [-0.25, -0.2) is 0 Å². The monoisotopic (exact) mass is 139 g/mol. The standard InChI is InChI=1S/C9H17N/c1-7(8(2)3-4-8)9(10)5-6-9/h7H,3-6,10H2,1-2H3. The average Bonchev–Trinajstić information content (AvgIpc) is 2.73. The molecule has 1 nitrogen and oxygen atoms in total. The molecule has 1 unspecified atom stereocenters. The fourth-order valence-electron chi connectivity index (χ4n) is 1.90. The third-order valence-electron chi connectivity index (χ3n) is 3.77. The van der Waals surface area contributed by atoms with Gasteiger partial charge in [-0.05, 0) is 37.0 Å². The second-order valence-corrected chi connectivity index (χ2v) is 4.61. The summed E-state index contributed by atoms with van der Waals surface area (Å²) in [6.07, 6.45) is 5.35. The third kappa shape index (κ3) is 0.800. The smallest absolute Gasteiger partial charge is 0.0186 e. The second kappa shape index (κ2) is 1.58. The molecule has 58 valence electrons. The lowest BCUT2D eigenvalue weighted by atomic mass is 9.85. The minimum atomic E-state index is 0.255. The van der Waals surface area contributed by atoms with Crippen LogP contribution in [0.15, 0.2) is 0 Å². The summed E-state index contributed by atoms with van der Waals surface area (Å²) in [6, 6.07) is 0. The first kappa shape index (κ1) is 6.66. The molecule has 2 fully saturated rings. The summed E-state index contributed by atoms with van der Waals surface area (Å²) < 4.78 is 0. The van der Waals surface area contributed by atoms with Gasteiger partial charge in [0.2, 0.25) is 0 Å². The first-order chi connectivity index (χ1) is 4.57. The first-order valence-electron chi connectivity index (χ1n) is 4.36. The van der Waals surface area contributed by atoms with Gasteiger partial charge >= 0.3 is 0 Å². The van der Waals surface area contributed by atoms with Gasteiger partial charge < -0.3 is 5.73 Å². The minimum Gasteiger partial charge on any atom is -0.325 e. The lowest BCUT2D eigenvalue weighted by Crippen LogP contribution is -2.35. The average molecular weight is 139 g/mol. The van der Waals surface area contributed by atoms with E-state index in [4.69, 9.17) is 5.73 Å². The summed E-state index contributed by atoms with van der Waals surface area (Å²) in [5.41, 5.74) is 7.00. The maximum Gasteiger partial charge on any atom is 0.0186 e. The van der Waals surface area contributed by atoms with Crippen LogP contribution in [0.3, 0.4) is 0 Å². The number of hydrogen-bond acceptors (Lipinski definition) is 1. The Morgan fingerprint density at radius 3 is 2.00 bits per heavy atom. The van der Waals surface area contributed by atoms with Crippen molar-refractivity contribution < 1.29 is 0 Å². The molecule has 2 rings (SSSR count). The third-order valence-corrected chi connectivity index (χ3v) is 3.77. The molecule has 0 heterocycles. The van der Waals surface area contributed by atoms with E-state index in [-0.39, 0.29) is 5.54 Å². The van der Waals surface area contributed by atoms with E-state index in [1.807, 2.05) is 0 Å². The summed E-state index contributed by atoms with van der Waals surface area (Å²) in [7, 11) is 0. The van der Waals surface area contributed by atoms with Crippen LogP contribution >= 0.6 is 0 Å². The van der Waals surface area contributed by atoms with E-state index in [0.29, 0.717) is 5.41 Å². The van der Waals surface area contributed by atoms with Crippen LogP contribution in [0.25, 0.3) is 0 Å². The summed E-state index contributed by atoms with van der Waals surface area (Å²) in [5, 5.41) is 0. The summed E-state index contributed by atoms with van der Waals surface area (Å²) in [4.78, 5) is 0. The Labute approximate surface area is 63.0 Å². The zero-order valence-corrected chi connectivity index (χ0v) is 6.98. The molecule has 1 atom stereocenters. The Bertz CT molecular complexity index is 136. The van der Waals surface area contributed by atoms with Crippen LogP contribution in [-0.2, 0) is 0 Å². The van der Waals surface area contributed by atoms with Crippen molar-refractivity contribution in [2.45, 2.75) is 45.1 Å². The molecule has 0 bridgehead atoms. The van der Waals surface area contributed by atoms with Crippen LogP contribution in [0.2, 0.25) is 0 Å². The molecule has 0 aliphatic heterocycles. The highest BCUT2D eigenvalue weighted by molar-refractivity contribution is 5.10. The topological polar surface area (TPSA) is 26.0 Å². The Hall–Kier alpha value is -0.0400. The van der Waals surface area contributed by atoms with Gasteiger partial charge in [0.05, 0.1) is 0 Å². The fourth-order valence-corrected chi connectivity index (χ4v) is 1.90. The van der Waals surface area contributed by atoms with E-state index >= 15 is 0 Å². The quantitative estimate of drug-likeness (QED) is 0.621. The fraction of sp³-hybridized carbons (Fsp3) is 1.00. The molecule has 10 heavy (non-hydrogen) atoms. The lowest BCUT2D eigenvalue weighted by molar-refractivity contribution is 0.289. The Kier molecular flexibility index (Phi) is 1.05. The van der Waals surface area contributed by atoms with Gasteiger partial charge in [-0.15, -0.1) is 0 Å². The molecule has 2 N–H and O–H groups in total. The SMILES string of the molecule is CC(C1(C)CC1)C1(N)CC1. The lowest BCUT2D eigenvalue weighted by Gasteiger charge is -2.25. The Morgan fingerprint density at radius 1 is 1.20 bits per heavy atom. The molecule has 0 saturated heterocycles. The van der Waals surface area contributed by atoms with Gasteiger partial charge in [0.1, 0.15) is 0 Å².